The summed E-state index contributed by atoms with van der Waals surface area (Å²) in [4.78, 5) is 0. The van der Waals surface area contributed by atoms with Gasteiger partial charge in [0.1, 0.15) is 5.82 Å². The zero-order valence-corrected chi connectivity index (χ0v) is 10.3. The molecular formula is C12H10Cl2FNO. The van der Waals surface area contributed by atoms with Crippen LogP contribution in [0, 0.1) is 5.82 Å². The van der Waals surface area contributed by atoms with E-state index in [2.05, 4.69) is 0 Å². The smallest absolute Gasteiger partial charge is 0.197 e. The second kappa shape index (κ2) is 5.08. The van der Waals surface area contributed by atoms with Gasteiger partial charge >= 0.3 is 0 Å². The fourth-order valence-electron chi connectivity index (χ4n) is 1.60. The summed E-state index contributed by atoms with van der Waals surface area (Å²) in [5.74, 6) is -0.367. The molecule has 2 N–H and O–H groups in total. The van der Waals surface area contributed by atoms with Gasteiger partial charge in [0, 0.05) is 16.6 Å². The molecule has 0 saturated heterocycles. The third kappa shape index (κ3) is 2.80. The second-order valence-electron chi connectivity index (χ2n) is 3.70. The van der Waals surface area contributed by atoms with E-state index in [1.54, 1.807) is 12.1 Å². The first-order valence-corrected chi connectivity index (χ1v) is 5.76. The molecule has 1 heterocycles. The lowest BCUT2D eigenvalue weighted by molar-refractivity contribution is 0.560. The van der Waals surface area contributed by atoms with Gasteiger partial charge in [-0.15, -0.1) is 0 Å². The molecule has 0 radical (unpaired) electrons. The normalized spacial score (nSPS) is 12.7. The number of hydrogen-bond acceptors (Lipinski definition) is 2. The third-order valence-electron chi connectivity index (χ3n) is 2.50. The molecule has 1 aromatic heterocycles. The summed E-state index contributed by atoms with van der Waals surface area (Å²) >= 11 is 11.7. The Balaban J connectivity index is 2.19. The zero-order valence-electron chi connectivity index (χ0n) is 8.79. The van der Waals surface area contributed by atoms with Gasteiger partial charge in [-0.25, -0.2) is 4.39 Å². The topological polar surface area (TPSA) is 39.2 Å². The fraction of sp³-hybridized carbons (Fsp3) is 0.167. The monoisotopic (exact) mass is 273 g/mol. The maximum Gasteiger partial charge on any atom is 0.197 e. The largest absolute Gasteiger partial charge is 0.453 e. The van der Waals surface area contributed by atoms with E-state index in [-0.39, 0.29) is 17.1 Å². The minimum Gasteiger partial charge on any atom is -0.453 e. The summed E-state index contributed by atoms with van der Waals surface area (Å²) in [6, 6.07) is 5.62. The predicted octanol–water partition coefficient (Wildman–Crippen LogP) is 3.97. The highest BCUT2D eigenvalue weighted by atomic mass is 35.5. The Labute approximate surface area is 108 Å². The van der Waals surface area contributed by atoms with Gasteiger partial charge in [0.05, 0.1) is 6.26 Å². The first-order chi connectivity index (χ1) is 8.08. The van der Waals surface area contributed by atoms with Gasteiger partial charge in [-0.05, 0) is 41.8 Å². The predicted molar refractivity (Wildman–Crippen MR) is 65.8 cm³/mol. The molecule has 1 atom stereocenters. The highest BCUT2D eigenvalue weighted by Gasteiger charge is 2.15. The fourth-order valence-corrected chi connectivity index (χ4v) is 2.10. The SMILES string of the molecule is NC(Cc1ccc(F)cc1Cl)c1ccoc1Cl. The number of hydrogen-bond donors (Lipinski definition) is 1. The van der Waals surface area contributed by atoms with Crippen LogP contribution in [0.3, 0.4) is 0 Å². The Morgan fingerprint density at radius 3 is 2.65 bits per heavy atom. The van der Waals surface area contributed by atoms with Crippen molar-refractivity contribution in [1.82, 2.24) is 0 Å². The van der Waals surface area contributed by atoms with Crippen molar-refractivity contribution < 1.29 is 8.81 Å². The Hall–Kier alpha value is -1.03. The van der Waals surface area contributed by atoms with Crippen molar-refractivity contribution in [3.8, 4) is 0 Å². The summed E-state index contributed by atoms with van der Waals surface area (Å²) in [5.41, 5.74) is 7.47. The Kier molecular flexibility index (Phi) is 3.72. The number of rotatable bonds is 3. The molecule has 0 saturated carbocycles. The Morgan fingerprint density at radius 1 is 1.29 bits per heavy atom. The van der Waals surface area contributed by atoms with Crippen LogP contribution in [0.1, 0.15) is 17.2 Å². The molecule has 0 fully saturated rings. The van der Waals surface area contributed by atoms with Gasteiger partial charge in [0.15, 0.2) is 5.22 Å². The summed E-state index contributed by atoms with van der Waals surface area (Å²) < 4.78 is 17.8. The van der Waals surface area contributed by atoms with Gasteiger partial charge in [-0.3, -0.25) is 0 Å². The maximum atomic E-state index is 12.9. The average Bonchev–Trinajstić information content (AvgIpc) is 2.68. The van der Waals surface area contributed by atoms with Crippen molar-refractivity contribution >= 4 is 23.2 Å². The molecule has 2 rings (SSSR count). The molecule has 5 heteroatoms. The average molecular weight is 274 g/mol. The number of halogens is 3. The first kappa shape index (κ1) is 12.4. The molecule has 0 aliphatic heterocycles. The van der Waals surface area contributed by atoms with Crippen molar-refractivity contribution in [2.24, 2.45) is 5.73 Å². The molecular weight excluding hydrogens is 264 g/mol. The van der Waals surface area contributed by atoms with Crippen LogP contribution in [-0.2, 0) is 6.42 Å². The van der Waals surface area contributed by atoms with E-state index in [1.165, 1.54) is 18.4 Å². The van der Waals surface area contributed by atoms with Crippen molar-refractivity contribution in [3.63, 3.8) is 0 Å². The van der Waals surface area contributed by atoms with Crippen LogP contribution in [0.2, 0.25) is 10.2 Å². The van der Waals surface area contributed by atoms with E-state index in [9.17, 15) is 4.39 Å². The maximum absolute atomic E-state index is 12.9. The highest BCUT2D eigenvalue weighted by molar-refractivity contribution is 6.31. The number of furan rings is 1. The molecule has 0 spiro atoms. The Morgan fingerprint density at radius 2 is 2.06 bits per heavy atom. The zero-order chi connectivity index (χ0) is 12.4. The minimum atomic E-state index is -0.367. The highest BCUT2D eigenvalue weighted by Crippen LogP contribution is 2.27. The van der Waals surface area contributed by atoms with Crippen LogP contribution in [0.5, 0.6) is 0 Å². The van der Waals surface area contributed by atoms with Crippen molar-refractivity contribution in [1.29, 1.82) is 0 Å². The number of nitrogens with two attached hydrogens (primary N) is 1. The van der Waals surface area contributed by atoms with Crippen LogP contribution >= 0.6 is 23.2 Å². The lowest BCUT2D eigenvalue weighted by Gasteiger charge is -2.11. The van der Waals surface area contributed by atoms with E-state index in [0.29, 0.717) is 17.0 Å². The van der Waals surface area contributed by atoms with E-state index in [4.69, 9.17) is 33.4 Å². The van der Waals surface area contributed by atoms with Crippen molar-refractivity contribution in [2.75, 3.05) is 0 Å². The van der Waals surface area contributed by atoms with Crippen LogP contribution in [-0.4, -0.2) is 0 Å². The quantitative estimate of drug-likeness (QED) is 0.919. The molecule has 17 heavy (non-hydrogen) atoms. The molecule has 2 nitrogen and oxygen atoms in total. The van der Waals surface area contributed by atoms with E-state index in [1.807, 2.05) is 0 Å². The standard InChI is InChI=1S/C12H10Cl2FNO/c13-10-6-8(15)2-1-7(10)5-11(16)9-3-4-17-12(9)14/h1-4,6,11H,5,16H2. The summed E-state index contributed by atoms with van der Waals surface area (Å²) in [6.07, 6.45) is 1.95. The molecule has 1 aromatic carbocycles. The molecule has 90 valence electrons. The molecule has 0 aliphatic rings. The van der Waals surface area contributed by atoms with E-state index in [0.717, 1.165) is 5.56 Å². The van der Waals surface area contributed by atoms with Crippen LogP contribution in [0.25, 0.3) is 0 Å². The first-order valence-electron chi connectivity index (χ1n) is 5.00. The minimum absolute atomic E-state index is 0.274. The van der Waals surface area contributed by atoms with Gasteiger partial charge in [-0.2, -0.15) is 0 Å². The van der Waals surface area contributed by atoms with E-state index >= 15 is 0 Å². The van der Waals surface area contributed by atoms with E-state index < -0.39 is 0 Å². The van der Waals surface area contributed by atoms with Crippen LogP contribution < -0.4 is 5.73 Å². The summed E-state index contributed by atoms with van der Waals surface area (Å²) in [5, 5.41) is 0.635. The molecule has 1 unspecified atom stereocenters. The van der Waals surface area contributed by atoms with Crippen LogP contribution in [0.4, 0.5) is 4.39 Å². The number of benzene rings is 1. The van der Waals surface area contributed by atoms with Gasteiger partial charge in [0.25, 0.3) is 0 Å². The molecule has 0 bridgehead atoms. The second-order valence-corrected chi connectivity index (χ2v) is 4.45. The summed E-state index contributed by atoms with van der Waals surface area (Å²) in [7, 11) is 0. The molecule has 2 aromatic rings. The summed E-state index contributed by atoms with van der Waals surface area (Å²) in [6.45, 7) is 0. The lowest BCUT2D eigenvalue weighted by atomic mass is 10.0. The lowest BCUT2D eigenvalue weighted by Crippen LogP contribution is -2.13. The Bertz CT molecular complexity index is 527. The molecule has 0 aliphatic carbocycles. The van der Waals surface area contributed by atoms with Crippen molar-refractivity contribution in [3.05, 3.63) is 57.7 Å². The van der Waals surface area contributed by atoms with Gasteiger partial charge in [0.2, 0.25) is 0 Å². The van der Waals surface area contributed by atoms with Crippen molar-refractivity contribution in [2.45, 2.75) is 12.5 Å². The van der Waals surface area contributed by atoms with Gasteiger partial charge < -0.3 is 10.2 Å². The van der Waals surface area contributed by atoms with Gasteiger partial charge in [-0.1, -0.05) is 17.7 Å². The molecule has 0 amide bonds. The third-order valence-corrected chi connectivity index (χ3v) is 3.16. The van der Waals surface area contributed by atoms with Crippen LogP contribution in [0.15, 0.2) is 34.9 Å².